The van der Waals surface area contributed by atoms with Crippen molar-refractivity contribution < 1.29 is 4.79 Å². The van der Waals surface area contributed by atoms with Gasteiger partial charge in [-0.15, -0.1) is 0 Å². The molecule has 0 aliphatic carbocycles. The van der Waals surface area contributed by atoms with E-state index in [4.69, 9.17) is 11.6 Å². The number of nitrogens with zero attached hydrogens (tertiary/aromatic N) is 3. The number of carbonyl (C=O) groups is 1. The maximum atomic E-state index is 10.9. The number of pyridine rings is 1. The number of aldehydes is 1. The molecule has 2 heterocycles. The molecule has 0 saturated heterocycles. The van der Waals surface area contributed by atoms with Crippen LogP contribution < -0.4 is 0 Å². The van der Waals surface area contributed by atoms with Crippen LogP contribution in [0, 0.1) is 0 Å². The molecule has 0 aliphatic rings. The maximum absolute atomic E-state index is 10.9. The van der Waals surface area contributed by atoms with Crippen LogP contribution in [0.2, 0.25) is 5.15 Å². The van der Waals surface area contributed by atoms with Gasteiger partial charge in [-0.05, 0) is 18.6 Å². The minimum Gasteiger partial charge on any atom is -0.298 e. The Kier molecular flexibility index (Phi) is 3.01. The first-order valence-corrected chi connectivity index (χ1v) is 5.29. The van der Waals surface area contributed by atoms with E-state index in [1.165, 1.54) is 4.68 Å². The van der Waals surface area contributed by atoms with Gasteiger partial charge in [0.25, 0.3) is 0 Å². The Morgan fingerprint density at radius 2 is 2.31 bits per heavy atom. The zero-order chi connectivity index (χ0) is 11.5. The Balaban J connectivity index is 2.59. The van der Waals surface area contributed by atoms with Crippen LogP contribution >= 0.6 is 11.6 Å². The maximum Gasteiger partial charge on any atom is 0.155 e. The lowest BCUT2D eigenvalue weighted by Gasteiger charge is -2.00. The molecule has 2 rings (SSSR count). The number of rotatable bonds is 3. The van der Waals surface area contributed by atoms with E-state index in [9.17, 15) is 4.79 Å². The molecule has 0 radical (unpaired) electrons. The SMILES string of the molecule is CCc1nn(-c2ccccn2)c(Cl)c1C=O. The van der Waals surface area contributed by atoms with Crippen molar-refractivity contribution in [1.82, 2.24) is 14.8 Å². The van der Waals surface area contributed by atoms with E-state index in [1.54, 1.807) is 12.3 Å². The molecular formula is C11H10ClN3O. The summed E-state index contributed by atoms with van der Waals surface area (Å²) in [5, 5.41) is 4.57. The standard InChI is InChI=1S/C11H10ClN3O/c1-2-9-8(7-16)11(12)15(14-9)10-5-3-4-6-13-10/h3-7H,2H2,1H3. The van der Waals surface area contributed by atoms with Crippen molar-refractivity contribution in [3.05, 3.63) is 40.8 Å². The molecule has 0 saturated carbocycles. The lowest BCUT2D eigenvalue weighted by atomic mass is 10.2. The van der Waals surface area contributed by atoms with Crippen LogP contribution in [0.1, 0.15) is 23.0 Å². The first-order chi connectivity index (χ1) is 7.77. The van der Waals surface area contributed by atoms with E-state index in [2.05, 4.69) is 10.1 Å². The molecule has 2 aromatic heterocycles. The smallest absolute Gasteiger partial charge is 0.155 e. The van der Waals surface area contributed by atoms with E-state index < -0.39 is 0 Å². The van der Waals surface area contributed by atoms with Gasteiger partial charge >= 0.3 is 0 Å². The summed E-state index contributed by atoms with van der Waals surface area (Å²) >= 11 is 6.07. The summed E-state index contributed by atoms with van der Waals surface area (Å²) in [5.74, 6) is 0.607. The van der Waals surface area contributed by atoms with Gasteiger partial charge in [0.2, 0.25) is 0 Å². The van der Waals surface area contributed by atoms with Crippen LogP contribution in [0.3, 0.4) is 0 Å². The third-order valence-electron chi connectivity index (χ3n) is 2.26. The number of carbonyl (C=O) groups excluding carboxylic acids is 1. The van der Waals surface area contributed by atoms with E-state index in [0.29, 0.717) is 28.6 Å². The fourth-order valence-corrected chi connectivity index (χ4v) is 1.74. The second kappa shape index (κ2) is 4.45. The molecule has 0 atom stereocenters. The summed E-state index contributed by atoms with van der Waals surface area (Å²) in [6.07, 6.45) is 3.04. The second-order valence-corrected chi connectivity index (χ2v) is 3.58. The van der Waals surface area contributed by atoms with Crippen LogP contribution in [-0.4, -0.2) is 21.1 Å². The van der Waals surface area contributed by atoms with Crippen molar-refractivity contribution in [3.8, 4) is 5.82 Å². The molecule has 82 valence electrons. The quantitative estimate of drug-likeness (QED) is 0.767. The van der Waals surface area contributed by atoms with Gasteiger partial charge in [-0.3, -0.25) is 4.79 Å². The van der Waals surface area contributed by atoms with Gasteiger partial charge < -0.3 is 0 Å². The minimum absolute atomic E-state index is 0.311. The number of hydrogen-bond donors (Lipinski definition) is 0. The predicted molar refractivity (Wildman–Crippen MR) is 61.1 cm³/mol. The molecule has 2 aromatic rings. The van der Waals surface area contributed by atoms with Crippen molar-refractivity contribution in [3.63, 3.8) is 0 Å². The summed E-state index contributed by atoms with van der Waals surface area (Å²) < 4.78 is 1.48. The van der Waals surface area contributed by atoms with Crippen LogP contribution in [0.4, 0.5) is 0 Å². The summed E-state index contributed by atoms with van der Waals surface area (Å²) in [6, 6.07) is 5.43. The average molecular weight is 236 g/mol. The molecule has 0 spiro atoms. The molecule has 0 bridgehead atoms. The van der Waals surface area contributed by atoms with Crippen LogP contribution in [0.25, 0.3) is 5.82 Å². The van der Waals surface area contributed by atoms with Crippen molar-refractivity contribution in [1.29, 1.82) is 0 Å². The summed E-state index contributed by atoms with van der Waals surface area (Å²) in [4.78, 5) is 15.0. The highest BCUT2D eigenvalue weighted by Crippen LogP contribution is 2.21. The molecular weight excluding hydrogens is 226 g/mol. The number of aryl methyl sites for hydroxylation is 1. The normalized spacial score (nSPS) is 10.4. The largest absolute Gasteiger partial charge is 0.298 e. The third-order valence-corrected chi connectivity index (χ3v) is 2.62. The third kappa shape index (κ3) is 1.72. The van der Waals surface area contributed by atoms with Crippen LogP contribution in [0.15, 0.2) is 24.4 Å². The Morgan fingerprint density at radius 1 is 1.50 bits per heavy atom. The van der Waals surface area contributed by atoms with E-state index in [-0.39, 0.29) is 0 Å². The van der Waals surface area contributed by atoms with E-state index >= 15 is 0 Å². The average Bonchev–Trinajstić information content (AvgIpc) is 2.66. The van der Waals surface area contributed by atoms with Crippen molar-refractivity contribution >= 4 is 17.9 Å². The summed E-state index contributed by atoms with van der Waals surface area (Å²) in [6.45, 7) is 1.93. The Labute approximate surface area is 97.9 Å². The van der Waals surface area contributed by atoms with Gasteiger partial charge in [-0.1, -0.05) is 24.6 Å². The fourth-order valence-electron chi connectivity index (χ4n) is 1.46. The summed E-state index contributed by atoms with van der Waals surface area (Å²) in [7, 11) is 0. The van der Waals surface area contributed by atoms with Crippen molar-refractivity contribution in [2.75, 3.05) is 0 Å². The monoisotopic (exact) mass is 235 g/mol. The lowest BCUT2D eigenvalue weighted by Crippen LogP contribution is -1.99. The highest BCUT2D eigenvalue weighted by molar-refractivity contribution is 6.32. The molecule has 0 aliphatic heterocycles. The van der Waals surface area contributed by atoms with Gasteiger partial charge in [0.1, 0.15) is 5.15 Å². The highest BCUT2D eigenvalue weighted by atomic mass is 35.5. The van der Waals surface area contributed by atoms with Crippen LogP contribution in [0.5, 0.6) is 0 Å². The van der Waals surface area contributed by atoms with Gasteiger partial charge in [0.05, 0.1) is 11.3 Å². The topological polar surface area (TPSA) is 47.8 Å². The van der Waals surface area contributed by atoms with E-state index in [1.807, 2.05) is 19.1 Å². The predicted octanol–water partition coefficient (Wildman–Crippen LogP) is 2.30. The zero-order valence-electron chi connectivity index (χ0n) is 8.72. The molecule has 0 N–H and O–H groups in total. The minimum atomic E-state index is 0.311. The molecule has 16 heavy (non-hydrogen) atoms. The number of aromatic nitrogens is 3. The Bertz CT molecular complexity index is 507. The van der Waals surface area contributed by atoms with Crippen molar-refractivity contribution in [2.24, 2.45) is 0 Å². The van der Waals surface area contributed by atoms with E-state index in [0.717, 1.165) is 6.29 Å². The van der Waals surface area contributed by atoms with Gasteiger partial charge in [0.15, 0.2) is 12.1 Å². The zero-order valence-corrected chi connectivity index (χ0v) is 9.48. The second-order valence-electron chi connectivity index (χ2n) is 3.22. The summed E-state index contributed by atoms with van der Waals surface area (Å²) in [5.41, 5.74) is 1.13. The molecule has 4 nitrogen and oxygen atoms in total. The lowest BCUT2D eigenvalue weighted by molar-refractivity contribution is 0.112. The Morgan fingerprint density at radius 3 is 2.81 bits per heavy atom. The molecule has 0 fully saturated rings. The first-order valence-electron chi connectivity index (χ1n) is 4.92. The molecule has 5 heteroatoms. The van der Waals surface area contributed by atoms with Gasteiger partial charge in [-0.2, -0.15) is 5.10 Å². The van der Waals surface area contributed by atoms with Crippen molar-refractivity contribution in [2.45, 2.75) is 13.3 Å². The molecule has 0 aromatic carbocycles. The fraction of sp³-hybridized carbons (Fsp3) is 0.182. The molecule has 0 unspecified atom stereocenters. The Hall–Kier alpha value is -1.68. The molecule has 0 amide bonds. The van der Waals surface area contributed by atoms with Gasteiger partial charge in [0, 0.05) is 6.20 Å². The van der Waals surface area contributed by atoms with Crippen LogP contribution in [-0.2, 0) is 6.42 Å². The number of halogens is 1. The highest BCUT2D eigenvalue weighted by Gasteiger charge is 2.15. The first kappa shape index (κ1) is 10.8. The number of hydrogen-bond acceptors (Lipinski definition) is 3. The van der Waals surface area contributed by atoms with Gasteiger partial charge in [-0.25, -0.2) is 9.67 Å².